The van der Waals surface area contributed by atoms with E-state index in [0.29, 0.717) is 0 Å². The summed E-state index contributed by atoms with van der Waals surface area (Å²) in [5.41, 5.74) is 28.2. The van der Waals surface area contributed by atoms with Gasteiger partial charge in [-0.1, -0.05) is 167 Å². The molecule has 3 aliphatic rings. The predicted molar refractivity (Wildman–Crippen MR) is 265 cm³/mol. The van der Waals surface area contributed by atoms with Gasteiger partial charge in [0.2, 0.25) is 17.2 Å². The van der Waals surface area contributed by atoms with Crippen LogP contribution in [0.15, 0.2) is 152 Å². The lowest BCUT2D eigenvalue weighted by Crippen LogP contribution is -2.85. The van der Waals surface area contributed by atoms with Gasteiger partial charge in [-0.05, 0) is 93.2 Å². The molecule has 302 valence electrons. The smallest absolute Gasteiger partial charge is 0.285 e. The molecule has 1 aliphatic heterocycles. The van der Waals surface area contributed by atoms with Crippen molar-refractivity contribution in [2.24, 2.45) is 0 Å². The van der Waals surface area contributed by atoms with Gasteiger partial charge >= 0.3 is 0 Å². The van der Waals surface area contributed by atoms with Crippen LogP contribution in [0.3, 0.4) is 0 Å². The summed E-state index contributed by atoms with van der Waals surface area (Å²) in [7, 11) is 0. The third-order valence-corrected chi connectivity index (χ3v) is 16.6. The maximum absolute atomic E-state index is 5.18. The van der Waals surface area contributed by atoms with Crippen LogP contribution in [0.5, 0.6) is 0 Å². The molecular formula is C56H43BN4S2. The fourth-order valence-corrected chi connectivity index (χ4v) is 13.7. The van der Waals surface area contributed by atoms with E-state index < -0.39 is 6.28 Å². The first-order valence-corrected chi connectivity index (χ1v) is 23.5. The number of aromatic nitrogens is 4. The lowest BCUT2D eigenvalue weighted by molar-refractivity contribution is -0.429. The van der Waals surface area contributed by atoms with Crippen molar-refractivity contribution >= 4 is 68.2 Å². The molecule has 10 aromatic rings. The molecule has 2 aliphatic carbocycles. The second-order valence-corrected chi connectivity index (χ2v) is 20.5. The van der Waals surface area contributed by atoms with Crippen LogP contribution >= 0.6 is 23.5 Å². The highest BCUT2D eigenvalue weighted by Gasteiger charge is 2.48. The summed E-state index contributed by atoms with van der Waals surface area (Å²) in [5, 5.41) is 0. The predicted octanol–water partition coefficient (Wildman–Crippen LogP) is 11.6. The second kappa shape index (κ2) is 12.8. The summed E-state index contributed by atoms with van der Waals surface area (Å²) in [6.45, 7) is 13.9. The lowest BCUT2D eigenvalue weighted by Gasteiger charge is -2.43. The lowest BCUT2D eigenvalue weighted by atomic mass is 9.23. The summed E-state index contributed by atoms with van der Waals surface area (Å²) < 4.78 is 17.7. The monoisotopic (exact) mass is 846 g/mol. The number of hydrogen-bond donors (Lipinski definition) is 0. The number of rotatable bonds is 4. The molecule has 0 radical (unpaired) electrons. The largest absolute Gasteiger partial charge is 0.353 e. The molecule has 0 unspecified atom stereocenters. The van der Waals surface area contributed by atoms with E-state index in [4.69, 9.17) is 13.1 Å². The number of nitrogens with zero attached hydrogens (tertiary/aromatic N) is 4. The van der Waals surface area contributed by atoms with Gasteiger partial charge in [-0.25, -0.2) is 0 Å². The van der Waals surface area contributed by atoms with Gasteiger partial charge < -0.3 is 3.87 Å². The quantitative estimate of drug-likeness (QED) is 0.166. The minimum Gasteiger partial charge on any atom is -0.353 e. The SMILES string of the molecule is Cc1ccc2c(c1)C(C)(C)c1cc(-c3ccc(-c4ccc5c(c4)C(C)(C)c4cc6c(cc4-5)[B-](c4ccccc4)(c4ccccc4)[n+]4snc5c(C)ccc-6c54)c4nsnc34)ccc1-2. The first-order valence-electron chi connectivity index (χ1n) is 22.0. The molecule has 0 atom stereocenters. The van der Waals surface area contributed by atoms with E-state index in [-0.39, 0.29) is 10.8 Å². The molecule has 0 bridgehead atoms. The molecule has 0 N–H and O–H groups in total. The fourth-order valence-electron chi connectivity index (χ4n) is 11.9. The highest BCUT2D eigenvalue weighted by Crippen LogP contribution is 2.53. The summed E-state index contributed by atoms with van der Waals surface area (Å²) in [6, 6.07) is 57.4. The fraction of sp³-hybridized carbons (Fsp3) is 0.143. The van der Waals surface area contributed by atoms with E-state index in [1.807, 2.05) is 0 Å². The Kier molecular flexibility index (Phi) is 7.52. The Morgan fingerprint density at radius 1 is 0.444 bits per heavy atom. The van der Waals surface area contributed by atoms with Gasteiger partial charge in [0.25, 0.3) is 6.28 Å². The first kappa shape index (κ1) is 37.1. The molecule has 0 saturated heterocycles. The summed E-state index contributed by atoms with van der Waals surface area (Å²) >= 11 is 2.91. The van der Waals surface area contributed by atoms with Gasteiger partial charge in [0.15, 0.2) is 5.52 Å². The van der Waals surface area contributed by atoms with E-state index in [9.17, 15) is 0 Å². The Morgan fingerprint density at radius 3 is 1.56 bits per heavy atom. The van der Waals surface area contributed by atoms with Crippen LogP contribution in [-0.2, 0) is 10.8 Å². The van der Waals surface area contributed by atoms with E-state index in [2.05, 4.69) is 197 Å². The van der Waals surface area contributed by atoms with Crippen molar-refractivity contribution in [1.82, 2.24) is 13.1 Å². The van der Waals surface area contributed by atoms with Crippen molar-refractivity contribution in [3.05, 3.63) is 185 Å². The zero-order chi connectivity index (χ0) is 42.6. The Hall–Kier alpha value is -6.54. The molecule has 0 amide bonds. The van der Waals surface area contributed by atoms with Crippen molar-refractivity contribution in [3.63, 3.8) is 0 Å². The average molecular weight is 847 g/mol. The third-order valence-electron chi connectivity index (χ3n) is 15.2. The van der Waals surface area contributed by atoms with E-state index >= 15 is 0 Å². The Bertz CT molecular complexity index is 3560. The summed E-state index contributed by atoms with van der Waals surface area (Å²) in [4.78, 5) is 0. The highest BCUT2D eigenvalue weighted by atomic mass is 32.1. The molecule has 0 spiro atoms. The Labute approximate surface area is 376 Å². The summed E-state index contributed by atoms with van der Waals surface area (Å²) in [5.74, 6) is 0. The third kappa shape index (κ3) is 4.81. The molecule has 2 aromatic heterocycles. The average Bonchev–Trinajstić information content (AvgIpc) is 4.07. The normalized spacial score (nSPS) is 15.5. The number of hydrogen-bond acceptors (Lipinski definition) is 5. The van der Waals surface area contributed by atoms with E-state index in [1.165, 1.54) is 112 Å². The van der Waals surface area contributed by atoms with Crippen LogP contribution in [0.1, 0.15) is 61.1 Å². The van der Waals surface area contributed by atoms with Crippen molar-refractivity contribution in [3.8, 4) is 55.6 Å². The Balaban J connectivity index is 0.972. The van der Waals surface area contributed by atoms with Crippen LogP contribution < -0.4 is 20.3 Å². The van der Waals surface area contributed by atoms with E-state index in [1.54, 1.807) is 11.7 Å². The van der Waals surface area contributed by atoms with Crippen molar-refractivity contribution in [2.75, 3.05) is 0 Å². The van der Waals surface area contributed by atoms with Crippen LogP contribution in [-0.4, -0.2) is 19.4 Å². The molecule has 3 heterocycles. The van der Waals surface area contributed by atoms with E-state index in [0.717, 1.165) is 27.7 Å². The number of fused-ring (bicyclic) bond motifs is 9. The van der Waals surface area contributed by atoms with Crippen molar-refractivity contribution in [1.29, 1.82) is 0 Å². The van der Waals surface area contributed by atoms with Crippen LogP contribution in [0, 0.1) is 13.8 Å². The standard InChI is InChI=1S/C56H43BN4S2/c1-32-17-21-40-41-23-19-34(28-47(41)55(3,4)46(40)27-32)38-25-26-39(53-52(38)58-62-59-53)35-20-24-42-44-31-50-45(30-49(44)56(5,6)48(42)29-35)43-22-18-33(2)51-54(43)61(63-60-51)57(50,36-13-9-7-10-14-36)37-15-11-8-12-16-37/h7-31H,1-6H3. The van der Waals surface area contributed by atoms with Gasteiger partial charge in [-0.3, -0.25) is 0 Å². The van der Waals surface area contributed by atoms with Gasteiger partial charge in [0.1, 0.15) is 11.0 Å². The van der Waals surface area contributed by atoms with Crippen molar-refractivity contribution < 1.29 is 3.87 Å². The molecule has 0 fully saturated rings. The van der Waals surface area contributed by atoms with Crippen LogP contribution in [0.25, 0.3) is 77.7 Å². The van der Waals surface area contributed by atoms with Gasteiger partial charge in [0, 0.05) is 37.5 Å². The second-order valence-electron chi connectivity index (χ2n) is 19.2. The number of aryl methyl sites for hydroxylation is 2. The van der Waals surface area contributed by atoms with Gasteiger partial charge in [-0.15, -0.1) is 5.46 Å². The zero-order valence-corrected chi connectivity index (χ0v) is 37.7. The van der Waals surface area contributed by atoms with Crippen molar-refractivity contribution in [2.45, 2.75) is 52.4 Å². The summed E-state index contributed by atoms with van der Waals surface area (Å²) in [6.07, 6.45) is -1.64. The molecule has 13 rings (SSSR count). The molecule has 8 aromatic carbocycles. The first-order chi connectivity index (χ1) is 30.6. The van der Waals surface area contributed by atoms with Crippen LogP contribution in [0.2, 0.25) is 0 Å². The molecule has 4 nitrogen and oxygen atoms in total. The zero-order valence-electron chi connectivity index (χ0n) is 36.1. The van der Waals surface area contributed by atoms with Gasteiger partial charge in [-0.2, -0.15) is 19.7 Å². The molecule has 63 heavy (non-hydrogen) atoms. The number of benzene rings is 8. The maximum atomic E-state index is 5.18. The highest BCUT2D eigenvalue weighted by molar-refractivity contribution is 7.12. The van der Waals surface area contributed by atoms with Crippen LogP contribution in [0.4, 0.5) is 0 Å². The minimum atomic E-state index is -1.64. The van der Waals surface area contributed by atoms with Gasteiger partial charge in [0.05, 0.1) is 11.7 Å². The Morgan fingerprint density at radius 2 is 0.952 bits per heavy atom. The molecule has 7 heteroatoms. The minimum absolute atomic E-state index is 0.0826. The topological polar surface area (TPSA) is 42.5 Å². The molecule has 0 saturated carbocycles. The molecular weight excluding hydrogens is 804 g/mol. The maximum Gasteiger partial charge on any atom is 0.285 e.